The molecule has 2 aromatic rings. The summed E-state index contributed by atoms with van der Waals surface area (Å²) in [5.41, 5.74) is 1.82. The zero-order valence-corrected chi connectivity index (χ0v) is 16.4. The number of fused-ring (bicyclic) bond motifs is 1. The zero-order chi connectivity index (χ0) is 20.4. The summed E-state index contributed by atoms with van der Waals surface area (Å²) in [6, 6.07) is 8.52. The summed E-state index contributed by atoms with van der Waals surface area (Å²) in [7, 11) is 3.13. The van der Waals surface area contributed by atoms with Crippen molar-refractivity contribution in [2.45, 2.75) is 6.54 Å². The highest BCUT2D eigenvalue weighted by atomic mass is 16.5. The van der Waals surface area contributed by atoms with E-state index in [2.05, 4.69) is 4.90 Å². The number of carbonyl (C=O) groups is 1. The van der Waals surface area contributed by atoms with E-state index in [-0.39, 0.29) is 17.3 Å². The highest BCUT2D eigenvalue weighted by Crippen LogP contribution is 2.40. The molecular formula is C22H23NO6. The van der Waals surface area contributed by atoms with Gasteiger partial charge in [0.1, 0.15) is 11.5 Å². The van der Waals surface area contributed by atoms with Crippen LogP contribution >= 0.6 is 0 Å². The lowest BCUT2D eigenvalue weighted by Gasteiger charge is -2.27. The van der Waals surface area contributed by atoms with E-state index < -0.39 is 0 Å². The Morgan fingerprint density at radius 2 is 1.86 bits per heavy atom. The molecule has 2 heterocycles. The fourth-order valence-corrected chi connectivity index (χ4v) is 3.53. The number of phenolic OH excluding ortho intramolecular Hbond substituents is 1. The van der Waals surface area contributed by atoms with Crippen molar-refractivity contribution in [3.63, 3.8) is 0 Å². The van der Waals surface area contributed by atoms with E-state index in [0.717, 1.165) is 18.7 Å². The molecule has 0 atom stereocenters. The Morgan fingerprint density at radius 3 is 2.59 bits per heavy atom. The largest absolute Gasteiger partial charge is 0.507 e. The van der Waals surface area contributed by atoms with Gasteiger partial charge in [0.2, 0.25) is 5.78 Å². The molecule has 29 heavy (non-hydrogen) atoms. The van der Waals surface area contributed by atoms with Gasteiger partial charge in [0.25, 0.3) is 0 Å². The van der Waals surface area contributed by atoms with Gasteiger partial charge in [0.15, 0.2) is 17.3 Å². The van der Waals surface area contributed by atoms with Crippen molar-refractivity contribution in [2.75, 3.05) is 40.5 Å². The first-order valence-electron chi connectivity index (χ1n) is 9.42. The molecule has 1 fully saturated rings. The van der Waals surface area contributed by atoms with Crippen molar-refractivity contribution < 1.29 is 28.8 Å². The van der Waals surface area contributed by atoms with Gasteiger partial charge in [-0.2, -0.15) is 0 Å². The molecule has 2 aliphatic rings. The Hall–Kier alpha value is -3.03. The molecule has 0 amide bonds. The lowest BCUT2D eigenvalue weighted by Crippen LogP contribution is -2.35. The molecule has 0 bridgehead atoms. The number of nitrogens with zero attached hydrogens (tertiary/aromatic N) is 1. The van der Waals surface area contributed by atoms with Gasteiger partial charge in [-0.25, -0.2) is 0 Å². The summed E-state index contributed by atoms with van der Waals surface area (Å²) in [5.74, 6) is 1.72. The number of methoxy groups -OCH3 is 2. The summed E-state index contributed by atoms with van der Waals surface area (Å²) in [4.78, 5) is 15.0. The molecule has 152 valence electrons. The Morgan fingerprint density at radius 1 is 1.10 bits per heavy atom. The van der Waals surface area contributed by atoms with Crippen LogP contribution in [0.25, 0.3) is 6.08 Å². The number of ketones is 1. The molecule has 7 nitrogen and oxygen atoms in total. The Balaban J connectivity index is 1.64. The maximum absolute atomic E-state index is 12.9. The van der Waals surface area contributed by atoms with Crippen LogP contribution in [-0.2, 0) is 11.3 Å². The third kappa shape index (κ3) is 3.79. The number of ether oxygens (including phenoxy) is 4. The average Bonchev–Trinajstić information content (AvgIpc) is 3.06. The first-order valence-corrected chi connectivity index (χ1v) is 9.42. The number of hydrogen-bond acceptors (Lipinski definition) is 7. The lowest BCUT2D eigenvalue weighted by atomic mass is 10.0. The molecule has 0 aliphatic carbocycles. The number of hydrogen-bond donors (Lipinski definition) is 1. The average molecular weight is 397 g/mol. The van der Waals surface area contributed by atoms with E-state index in [1.807, 2.05) is 6.07 Å². The molecule has 0 aromatic heterocycles. The Labute approximate surface area is 169 Å². The van der Waals surface area contributed by atoms with E-state index in [4.69, 9.17) is 18.9 Å². The predicted octanol–water partition coefficient (Wildman–Crippen LogP) is 2.86. The molecule has 0 saturated carbocycles. The number of allylic oxidation sites excluding steroid dienone is 1. The van der Waals surface area contributed by atoms with Crippen LogP contribution in [0.5, 0.6) is 23.0 Å². The van der Waals surface area contributed by atoms with Crippen LogP contribution in [0.15, 0.2) is 36.1 Å². The van der Waals surface area contributed by atoms with Gasteiger partial charge >= 0.3 is 0 Å². The minimum Gasteiger partial charge on any atom is -0.507 e. The van der Waals surface area contributed by atoms with Crippen LogP contribution in [0, 0.1) is 0 Å². The summed E-state index contributed by atoms with van der Waals surface area (Å²) in [6.07, 6.45) is 1.67. The molecule has 4 rings (SSSR count). The first kappa shape index (κ1) is 19.3. The van der Waals surface area contributed by atoms with E-state index in [0.29, 0.717) is 48.1 Å². The second-order valence-corrected chi connectivity index (χ2v) is 6.88. The van der Waals surface area contributed by atoms with Crippen molar-refractivity contribution in [3.05, 3.63) is 52.8 Å². The Bertz CT molecular complexity index is 962. The van der Waals surface area contributed by atoms with Crippen molar-refractivity contribution in [1.82, 2.24) is 4.90 Å². The lowest BCUT2D eigenvalue weighted by molar-refractivity contribution is 0.0336. The van der Waals surface area contributed by atoms with Crippen LogP contribution < -0.4 is 14.2 Å². The molecule has 1 N–H and O–H groups in total. The summed E-state index contributed by atoms with van der Waals surface area (Å²) in [6.45, 7) is 3.34. The third-order valence-electron chi connectivity index (χ3n) is 5.11. The maximum atomic E-state index is 12.9. The zero-order valence-electron chi connectivity index (χ0n) is 16.4. The van der Waals surface area contributed by atoms with E-state index in [1.165, 1.54) is 0 Å². The molecule has 0 spiro atoms. The van der Waals surface area contributed by atoms with Crippen LogP contribution in [-0.4, -0.2) is 56.3 Å². The second kappa shape index (κ2) is 8.14. The van der Waals surface area contributed by atoms with Gasteiger partial charge in [-0.1, -0.05) is 6.07 Å². The first-order chi connectivity index (χ1) is 14.1. The smallest absolute Gasteiger partial charge is 0.231 e. The fourth-order valence-electron chi connectivity index (χ4n) is 3.53. The van der Waals surface area contributed by atoms with Crippen molar-refractivity contribution in [3.8, 4) is 23.0 Å². The molecule has 1 saturated heterocycles. The van der Waals surface area contributed by atoms with E-state index >= 15 is 0 Å². The van der Waals surface area contributed by atoms with Gasteiger partial charge < -0.3 is 24.1 Å². The molecule has 0 radical (unpaired) electrons. The van der Waals surface area contributed by atoms with Crippen LogP contribution in [0.1, 0.15) is 21.5 Å². The van der Waals surface area contributed by atoms with E-state index in [1.54, 1.807) is 44.6 Å². The fraction of sp³-hybridized carbons (Fsp3) is 0.318. The van der Waals surface area contributed by atoms with Crippen LogP contribution in [0.4, 0.5) is 0 Å². The number of benzene rings is 2. The topological polar surface area (TPSA) is 77.5 Å². The molecule has 2 aliphatic heterocycles. The van der Waals surface area contributed by atoms with Crippen molar-refractivity contribution >= 4 is 11.9 Å². The minimum absolute atomic E-state index is 0.121. The monoisotopic (exact) mass is 397 g/mol. The summed E-state index contributed by atoms with van der Waals surface area (Å²) >= 11 is 0. The number of Topliss-reactive ketones (excluding diaryl/α,β-unsaturated/α-hetero) is 1. The van der Waals surface area contributed by atoms with Gasteiger partial charge in [-0.05, 0) is 35.9 Å². The highest BCUT2D eigenvalue weighted by Gasteiger charge is 2.32. The second-order valence-electron chi connectivity index (χ2n) is 6.88. The number of rotatable bonds is 5. The number of carbonyl (C=O) groups excluding carboxylic acids is 1. The van der Waals surface area contributed by atoms with Crippen molar-refractivity contribution in [1.29, 1.82) is 0 Å². The maximum Gasteiger partial charge on any atom is 0.231 e. The minimum atomic E-state index is -0.210. The standard InChI is InChI=1S/C22H23NO6/c1-26-18-6-3-14(11-19(18)27-2)12-20-21(25)15-4-5-17(24)16(22(15)29-20)13-23-7-9-28-10-8-23/h3-6,11-12,24H,7-10,13H2,1-2H3. The Kier molecular flexibility index (Phi) is 5.42. The van der Waals surface area contributed by atoms with Crippen LogP contribution in [0.2, 0.25) is 0 Å². The molecule has 7 heteroatoms. The number of aromatic hydroxyl groups is 1. The van der Waals surface area contributed by atoms with Gasteiger partial charge in [0, 0.05) is 19.6 Å². The number of phenols is 1. The molecule has 0 unspecified atom stereocenters. The highest BCUT2D eigenvalue weighted by molar-refractivity contribution is 6.15. The quantitative estimate of drug-likeness (QED) is 0.778. The summed E-state index contributed by atoms with van der Waals surface area (Å²) < 4.78 is 21.9. The van der Waals surface area contributed by atoms with Gasteiger partial charge in [0.05, 0.1) is 38.6 Å². The summed E-state index contributed by atoms with van der Waals surface area (Å²) in [5, 5.41) is 10.4. The third-order valence-corrected chi connectivity index (χ3v) is 5.11. The molecule has 2 aromatic carbocycles. The van der Waals surface area contributed by atoms with Crippen molar-refractivity contribution in [2.24, 2.45) is 0 Å². The normalized spacial score (nSPS) is 17.9. The van der Waals surface area contributed by atoms with Gasteiger partial charge in [-0.3, -0.25) is 9.69 Å². The number of morpholine rings is 1. The SMILES string of the molecule is COc1ccc(C=C2Oc3c(ccc(O)c3CN3CCOCC3)C2=O)cc1OC. The predicted molar refractivity (Wildman–Crippen MR) is 107 cm³/mol. The molecular weight excluding hydrogens is 374 g/mol. The van der Waals surface area contributed by atoms with Gasteiger partial charge in [-0.15, -0.1) is 0 Å². The van der Waals surface area contributed by atoms with E-state index in [9.17, 15) is 9.90 Å². The van der Waals surface area contributed by atoms with Crippen LogP contribution in [0.3, 0.4) is 0 Å².